The van der Waals surface area contributed by atoms with Crippen molar-refractivity contribution in [1.29, 1.82) is 0 Å². The van der Waals surface area contributed by atoms with Gasteiger partial charge in [-0.1, -0.05) is 11.6 Å². The van der Waals surface area contributed by atoms with Crippen LogP contribution in [-0.4, -0.2) is 18.7 Å². The van der Waals surface area contributed by atoms with E-state index in [1.165, 1.54) is 12.1 Å². The lowest BCUT2D eigenvalue weighted by molar-refractivity contribution is -0.0504. The predicted octanol–water partition coefficient (Wildman–Crippen LogP) is 3.09. The highest BCUT2D eigenvalue weighted by molar-refractivity contribution is 6.33. The highest BCUT2D eigenvalue weighted by atomic mass is 35.5. The maximum atomic E-state index is 12.3. The van der Waals surface area contributed by atoms with E-state index in [0.717, 1.165) is 0 Å². The topological polar surface area (TPSA) is 61.5 Å². The first kappa shape index (κ1) is 14.5. The summed E-state index contributed by atoms with van der Waals surface area (Å²) in [5.74, 6) is -1.34. The first-order chi connectivity index (χ1) is 8.32. The number of nitrogen functional groups attached to an aromatic ring is 1. The molecule has 0 spiro atoms. The van der Waals surface area contributed by atoms with E-state index in [0.29, 0.717) is 0 Å². The molecule has 18 heavy (non-hydrogen) atoms. The van der Waals surface area contributed by atoms with E-state index in [-0.39, 0.29) is 16.3 Å². The summed E-state index contributed by atoms with van der Waals surface area (Å²) in [6.07, 6.45) is -0.421. The lowest BCUT2D eigenvalue weighted by atomic mass is 10.1. The molecule has 0 bridgehead atoms. The third-order valence-corrected chi connectivity index (χ3v) is 2.19. The monoisotopic (exact) mass is 279 g/mol. The second kappa shape index (κ2) is 5.86. The smallest absolute Gasteiger partial charge is 0.387 e. The molecular weight excluding hydrogens is 268 g/mol. The van der Waals surface area contributed by atoms with Crippen LogP contribution in [0.3, 0.4) is 0 Å². The van der Waals surface area contributed by atoms with Gasteiger partial charge in [0.25, 0.3) is 0 Å². The summed E-state index contributed by atoms with van der Waals surface area (Å²) in [6.45, 7) is 0.119. The van der Waals surface area contributed by atoms with Crippen LogP contribution in [0.4, 0.5) is 14.5 Å². The average molecular weight is 280 g/mol. The van der Waals surface area contributed by atoms with Crippen LogP contribution in [0.2, 0.25) is 5.02 Å². The molecule has 0 aliphatic rings. The van der Waals surface area contributed by atoms with Gasteiger partial charge in [-0.15, -0.1) is 0 Å². The Morgan fingerprint density at radius 3 is 2.50 bits per heavy atom. The van der Waals surface area contributed by atoms with Gasteiger partial charge in [0.2, 0.25) is 0 Å². The highest BCUT2D eigenvalue weighted by Crippen LogP contribution is 2.34. The number of rotatable bonds is 4. The summed E-state index contributed by atoms with van der Waals surface area (Å²) in [4.78, 5) is 11.7. The van der Waals surface area contributed by atoms with Gasteiger partial charge in [0, 0.05) is 0 Å². The predicted molar refractivity (Wildman–Crippen MR) is 63.0 cm³/mol. The molecule has 1 rings (SSSR count). The SMILES string of the molecule is CC(C)OC(=O)c1c(N)ccc(Cl)c1OC(F)F. The van der Waals surface area contributed by atoms with Gasteiger partial charge in [-0.05, 0) is 26.0 Å². The molecule has 0 amide bonds. The van der Waals surface area contributed by atoms with Crippen molar-refractivity contribution in [3.05, 3.63) is 22.7 Å². The van der Waals surface area contributed by atoms with Crippen molar-refractivity contribution in [3.63, 3.8) is 0 Å². The normalized spacial score (nSPS) is 10.8. The summed E-state index contributed by atoms with van der Waals surface area (Å²) in [6, 6.07) is 2.58. The summed E-state index contributed by atoms with van der Waals surface area (Å²) in [5, 5.41) is -0.139. The molecule has 0 unspecified atom stereocenters. The van der Waals surface area contributed by atoms with Crippen molar-refractivity contribution in [1.82, 2.24) is 0 Å². The molecule has 2 N–H and O–H groups in total. The Bertz CT molecular complexity index is 452. The fourth-order valence-corrected chi connectivity index (χ4v) is 1.46. The molecule has 0 aliphatic heterocycles. The van der Waals surface area contributed by atoms with Crippen LogP contribution in [0, 0.1) is 0 Å². The number of alkyl halides is 2. The van der Waals surface area contributed by atoms with Crippen LogP contribution in [0.25, 0.3) is 0 Å². The number of esters is 1. The third kappa shape index (κ3) is 3.46. The molecule has 4 nitrogen and oxygen atoms in total. The zero-order valence-electron chi connectivity index (χ0n) is 9.75. The number of carbonyl (C=O) groups is 1. The Kier molecular flexibility index (Phi) is 4.72. The van der Waals surface area contributed by atoms with E-state index in [1.54, 1.807) is 13.8 Å². The minimum atomic E-state index is -3.12. The molecule has 0 fully saturated rings. The molecule has 0 heterocycles. The fraction of sp³-hybridized carbons (Fsp3) is 0.364. The molecule has 100 valence electrons. The molecule has 0 saturated carbocycles. The molecule has 0 aromatic heterocycles. The Balaban J connectivity index is 3.22. The molecule has 0 aliphatic carbocycles. The minimum absolute atomic E-state index is 0.0410. The van der Waals surface area contributed by atoms with Crippen LogP contribution in [-0.2, 0) is 4.74 Å². The first-order valence-corrected chi connectivity index (χ1v) is 5.44. The summed E-state index contributed by atoms with van der Waals surface area (Å²) >= 11 is 5.70. The van der Waals surface area contributed by atoms with Crippen LogP contribution in [0.5, 0.6) is 5.75 Å². The zero-order chi connectivity index (χ0) is 13.9. The number of carbonyl (C=O) groups excluding carboxylic acids is 1. The average Bonchev–Trinajstić information content (AvgIpc) is 2.21. The molecule has 0 radical (unpaired) electrons. The van der Waals surface area contributed by atoms with E-state index in [4.69, 9.17) is 22.1 Å². The van der Waals surface area contributed by atoms with E-state index >= 15 is 0 Å². The molecule has 7 heteroatoms. The number of benzene rings is 1. The second-order valence-electron chi connectivity index (χ2n) is 3.67. The summed E-state index contributed by atoms with van der Waals surface area (Å²) in [7, 11) is 0. The van der Waals surface area contributed by atoms with Gasteiger partial charge in [0.1, 0.15) is 5.56 Å². The van der Waals surface area contributed by atoms with Crippen molar-refractivity contribution in [2.45, 2.75) is 26.6 Å². The number of halogens is 3. The maximum Gasteiger partial charge on any atom is 0.387 e. The van der Waals surface area contributed by atoms with Gasteiger partial charge in [-0.3, -0.25) is 0 Å². The van der Waals surface area contributed by atoms with Crippen molar-refractivity contribution in [3.8, 4) is 5.75 Å². The van der Waals surface area contributed by atoms with Crippen LogP contribution >= 0.6 is 11.6 Å². The third-order valence-electron chi connectivity index (χ3n) is 1.90. The highest BCUT2D eigenvalue weighted by Gasteiger charge is 2.23. The lowest BCUT2D eigenvalue weighted by Crippen LogP contribution is -2.16. The van der Waals surface area contributed by atoms with Crippen molar-refractivity contribution in [2.24, 2.45) is 0 Å². The maximum absolute atomic E-state index is 12.3. The van der Waals surface area contributed by atoms with Gasteiger partial charge >= 0.3 is 12.6 Å². The van der Waals surface area contributed by atoms with E-state index in [1.807, 2.05) is 0 Å². The molecular formula is C11H12ClF2NO3. The fourth-order valence-electron chi connectivity index (χ4n) is 1.26. The van der Waals surface area contributed by atoms with Crippen LogP contribution in [0.1, 0.15) is 24.2 Å². The summed E-state index contributed by atoms with van der Waals surface area (Å²) < 4.78 is 33.6. The molecule has 0 atom stereocenters. The zero-order valence-corrected chi connectivity index (χ0v) is 10.5. The van der Waals surface area contributed by atoms with E-state index in [9.17, 15) is 13.6 Å². The molecule has 1 aromatic carbocycles. The van der Waals surface area contributed by atoms with Gasteiger partial charge in [-0.25, -0.2) is 4.79 Å². The van der Waals surface area contributed by atoms with Gasteiger partial charge < -0.3 is 15.2 Å². The van der Waals surface area contributed by atoms with Crippen molar-refractivity contribution in [2.75, 3.05) is 5.73 Å². The lowest BCUT2D eigenvalue weighted by Gasteiger charge is -2.15. The second-order valence-corrected chi connectivity index (χ2v) is 4.08. The van der Waals surface area contributed by atoms with E-state index < -0.39 is 24.4 Å². The Labute approximate surface area is 108 Å². The number of hydrogen-bond acceptors (Lipinski definition) is 4. The Hall–Kier alpha value is -1.56. The molecule has 0 saturated heterocycles. The number of ether oxygens (including phenoxy) is 2. The Morgan fingerprint density at radius 2 is 2.00 bits per heavy atom. The first-order valence-electron chi connectivity index (χ1n) is 5.06. The van der Waals surface area contributed by atoms with Gasteiger partial charge in [0.05, 0.1) is 16.8 Å². The standard InChI is InChI=1S/C11H12ClF2NO3/c1-5(2)17-10(16)8-7(15)4-3-6(12)9(8)18-11(13)14/h3-5,11H,15H2,1-2H3. The minimum Gasteiger partial charge on any atom is -0.459 e. The van der Waals surface area contributed by atoms with Crippen molar-refractivity contribution < 1.29 is 23.0 Å². The van der Waals surface area contributed by atoms with Gasteiger partial charge in [-0.2, -0.15) is 8.78 Å². The summed E-state index contributed by atoms with van der Waals surface area (Å²) in [5.41, 5.74) is 5.22. The van der Waals surface area contributed by atoms with Crippen LogP contribution in [0.15, 0.2) is 12.1 Å². The van der Waals surface area contributed by atoms with Crippen LogP contribution < -0.4 is 10.5 Å². The van der Waals surface area contributed by atoms with E-state index in [2.05, 4.69) is 4.74 Å². The number of anilines is 1. The van der Waals surface area contributed by atoms with Gasteiger partial charge in [0.15, 0.2) is 5.75 Å². The van der Waals surface area contributed by atoms with Crippen molar-refractivity contribution >= 4 is 23.3 Å². The largest absolute Gasteiger partial charge is 0.459 e. The molecule has 1 aromatic rings. The number of hydrogen-bond donors (Lipinski definition) is 1. The number of nitrogens with two attached hydrogens (primary N) is 1. The Morgan fingerprint density at radius 1 is 1.39 bits per heavy atom. The quantitative estimate of drug-likeness (QED) is 0.679.